The lowest BCUT2D eigenvalue weighted by molar-refractivity contribution is 0.0167. The Morgan fingerprint density at radius 2 is 2.16 bits per heavy atom. The van der Waals surface area contributed by atoms with E-state index in [2.05, 4.69) is 5.48 Å². The minimum atomic E-state index is -0.646. The van der Waals surface area contributed by atoms with Crippen molar-refractivity contribution in [3.8, 4) is 0 Å². The Morgan fingerprint density at radius 1 is 1.44 bits per heavy atom. The zero-order valence-corrected chi connectivity index (χ0v) is 16.1. The van der Waals surface area contributed by atoms with Crippen molar-refractivity contribution in [3.63, 3.8) is 0 Å². The van der Waals surface area contributed by atoms with Gasteiger partial charge < -0.3 is 9.67 Å². The van der Waals surface area contributed by atoms with E-state index >= 15 is 0 Å². The Morgan fingerprint density at radius 3 is 2.80 bits per heavy atom. The van der Waals surface area contributed by atoms with E-state index < -0.39 is 17.3 Å². The number of carbonyl (C=O) groups is 1. The second-order valence-electron chi connectivity index (χ2n) is 5.13. The molecule has 0 saturated heterocycles. The van der Waals surface area contributed by atoms with Crippen LogP contribution in [0.3, 0.4) is 0 Å². The summed E-state index contributed by atoms with van der Waals surface area (Å²) in [4.78, 5) is 29.2. The van der Waals surface area contributed by atoms with Gasteiger partial charge in [0.1, 0.15) is 10.8 Å². The first-order chi connectivity index (χ1) is 11.8. The molecule has 0 radical (unpaired) electrons. The lowest BCUT2D eigenvalue weighted by atomic mass is 10.0. The van der Waals surface area contributed by atoms with Gasteiger partial charge >= 0.3 is 0 Å². The van der Waals surface area contributed by atoms with Crippen LogP contribution in [0, 0.1) is 9.39 Å². The molecule has 0 aliphatic heterocycles. The average molecular weight is 481 g/mol. The number of hydroxylamine groups is 1. The maximum Gasteiger partial charge on any atom is 0.276 e. The summed E-state index contributed by atoms with van der Waals surface area (Å²) in [5.74, 6) is -1.08. The largest absolute Gasteiger partial charge is 0.394 e. The van der Waals surface area contributed by atoms with Crippen LogP contribution in [0.15, 0.2) is 29.1 Å². The first-order valence-electron chi connectivity index (χ1n) is 7.20. The van der Waals surface area contributed by atoms with E-state index in [1.54, 1.807) is 12.1 Å². The van der Waals surface area contributed by atoms with Gasteiger partial charge in [0.2, 0.25) is 0 Å². The molecule has 0 aliphatic rings. The van der Waals surface area contributed by atoms with Crippen molar-refractivity contribution in [2.45, 2.75) is 6.42 Å². The summed E-state index contributed by atoms with van der Waals surface area (Å²) in [5.41, 5.74) is 2.38. The SMILES string of the molecule is Cn1c(Cc2ccc(I)cc2F)c(C(=O)NOCCO)cc(Cl)c1=O. The number of pyridine rings is 1. The topological polar surface area (TPSA) is 80.6 Å². The molecular weight excluding hydrogens is 466 g/mol. The minimum absolute atomic E-state index is 0.0222. The van der Waals surface area contributed by atoms with Gasteiger partial charge in [0.05, 0.1) is 18.8 Å². The standard InChI is InChI=1S/C16H15ClFIN2O4/c1-21-14(6-9-2-3-10(19)7-13(9)18)11(8-12(17)16(21)24)15(23)20-25-5-4-22/h2-3,7-8,22H,4-6H2,1H3,(H,20,23). The molecular formula is C16H15ClFIN2O4. The number of amides is 1. The number of halogens is 3. The molecule has 25 heavy (non-hydrogen) atoms. The van der Waals surface area contributed by atoms with E-state index in [1.807, 2.05) is 22.6 Å². The van der Waals surface area contributed by atoms with Crippen molar-refractivity contribution in [1.82, 2.24) is 10.0 Å². The molecule has 0 saturated carbocycles. The minimum Gasteiger partial charge on any atom is -0.394 e. The van der Waals surface area contributed by atoms with E-state index in [9.17, 15) is 14.0 Å². The number of aliphatic hydroxyl groups excluding tert-OH is 1. The fraction of sp³-hybridized carbons (Fsp3) is 0.250. The highest BCUT2D eigenvalue weighted by Gasteiger charge is 2.19. The van der Waals surface area contributed by atoms with E-state index in [4.69, 9.17) is 21.5 Å². The normalized spacial score (nSPS) is 10.8. The van der Waals surface area contributed by atoms with Crippen LogP contribution >= 0.6 is 34.2 Å². The van der Waals surface area contributed by atoms with Crippen LogP contribution in [0.5, 0.6) is 0 Å². The molecule has 134 valence electrons. The molecule has 0 spiro atoms. The predicted molar refractivity (Wildman–Crippen MR) is 99.1 cm³/mol. The van der Waals surface area contributed by atoms with Gasteiger partial charge in [-0.25, -0.2) is 9.87 Å². The van der Waals surface area contributed by atoms with Crippen LogP contribution in [-0.4, -0.2) is 28.8 Å². The van der Waals surface area contributed by atoms with Gasteiger partial charge in [-0.2, -0.15) is 0 Å². The summed E-state index contributed by atoms with van der Waals surface area (Å²) < 4.78 is 16.1. The van der Waals surface area contributed by atoms with Gasteiger partial charge in [-0.05, 0) is 46.4 Å². The first kappa shape index (κ1) is 19.8. The smallest absolute Gasteiger partial charge is 0.276 e. The molecule has 2 aromatic rings. The molecule has 0 atom stereocenters. The molecule has 6 nitrogen and oxygen atoms in total. The van der Waals surface area contributed by atoms with Crippen molar-refractivity contribution >= 4 is 40.1 Å². The Kier molecular flexibility index (Phi) is 6.94. The summed E-state index contributed by atoms with van der Waals surface area (Å²) in [6.07, 6.45) is 0.0222. The maximum absolute atomic E-state index is 14.2. The van der Waals surface area contributed by atoms with Crippen LogP contribution in [0.4, 0.5) is 4.39 Å². The first-order valence-corrected chi connectivity index (χ1v) is 8.66. The van der Waals surface area contributed by atoms with Crippen LogP contribution in [0.25, 0.3) is 0 Å². The Bertz CT molecular complexity index is 857. The third kappa shape index (κ3) is 4.78. The summed E-state index contributed by atoms with van der Waals surface area (Å²) in [6.45, 7) is -0.360. The number of hydrogen-bond acceptors (Lipinski definition) is 4. The zero-order chi connectivity index (χ0) is 18.6. The van der Waals surface area contributed by atoms with Gasteiger partial charge in [0.25, 0.3) is 11.5 Å². The Labute approximate surface area is 161 Å². The Hall–Kier alpha value is -1.49. The van der Waals surface area contributed by atoms with Gasteiger partial charge in [-0.3, -0.25) is 14.4 Å². The number of carbonyl (C=O) groups excluding carboxylic acids is 1. The quantitative estimate of drug-likeness (QED) is 0.377. The highest BCUT2D eigenvalue weighted by Crippen LogP contribution is 2.19. The average Bonchev–Trinajstić information content (AvgIpc) is 2.57. The highest BCUT2D eigenvalue weighted by atomic mass is 127. The molecule has 1 amide bonds. The molecule has 2 N–H and O–H groups in total. The van der Waals surface area contributed by atoms with Gasteiger partial charge in [0.15, 0.2) is 0 Å². The molecule has 9 heteroatoms. The van der Waals surface area contributed by atoms with E-state index in [-0.39, 0.29) is 30.2 Å². The number of nitrogens with zero attached hydrogens (tertiary/aromatic N) is 1. The van der Waals surface area contributed by atoms with Crippen molar-refractivity contribution < 1.29 is 19.1 Å². The van der Waals surface area contributed by atoms with Gasteiger partial charge in [-0.1, -0.05) is 17.7 Å². The molecule has 0 bridgehead atoms. The van der Waals surface area contributed by atoms with Gasteiger partial charge in [-0.15, -0.1) is 0 Å². The monoisotopic (exact) mass is 480 g/mol. The van der Waals surface area contributed by atoms with Crippen molar-refractivity contribution in [1.29, 1.82) is 0 Å². The number of benzene rings is 1. The van der Waals surface area contributed by atoms with E-state index in [0.29, 0.717) is 11.3 Å². The fourth-order valence-electron chi connectivity index (χ4n) is 2.21. The summed E-state index contributed by atoms with van der Waals surface area (Å²) in [7, 11) is 1.46. The van der Waals surface area contributed by atoms with Crippen molar-refractivity contribution in [2.24, 2.45) is 7.05 Å². The van der Waals surface area contributed by atoms with Crippen LogP contribution in [-0.2, 0) is 18.3 Å². The fourth-order valence-corrected chi connectivity index (χ4v) is 2.90. The number of hydrogen-bond donors (Lipinski definition) is 2. The zero-order valence-electron chi connectivity index (χ0n) is 13.2. The summed E-state index contributed by atoms with van der Waals surface area (Å²) in [5, 5.41) is 8.55. The highest BCUT2D eigenvalue weighted by molar-refractivity contribution is 14.1. The number of nitrogens with one attached hydrogen (secondary N) is 1. The maximum atomic E-state index is 14.2. The number of aromatic nitrogens is 1. The molecule has 2 rings (SSSR count). The van der Waals surface area contributed by atoms with Crippen LogP contribution in [0.2, 0.25) is 5.02 Å². The number of rotatable bonds is 6. The molecule has 0 fully saturated rings. The molecule has 0 unspecified atom stereocenters. The molecule has 1 heterocycles. The second kappa shape index (κ2) is 8.75. The van der Waals surface area contributed by atoms with Crippen LogP contribution < -0.4 is 11.0 Å². The molecule has 1 aromatic carbocycles. The van der Waals surface area contributed by atoms with Crippen molar-refractivity contribution in [2.75, 3.05) is 13.2 Å². The number of aliphatic hydroxyl groups is 1. The van der Waals surface area contributed by atoms with Crippen LogP contribution in [0.1, 0.15) is 21.6 Å². The lowest BCUT2D eigenvalue weighted by Gasteiger charge is -2.15. The third-order valence-electron chi connectivity index (χ3n) is 3.47. The lowest BCUT2D eigenvalue weighted by Crippen LogP contribution is -2.30. The van der Waals surface area contributed by atoms with E-state index in [0.717, 1.165) is 3.57 Å². The summed E-state index contributed by atoms with van der Waals surface area (Å²) >= 11 is 7.87. The van der Waals surface area contributed by atoms with Crippen molar-refractivity contribution in [3.05, 3.63) is 65.9 Å². The van der Waals surface area contributed by atoms with Gasteiger partial charge in [0, 0.05) is 22.7 Å². The summed E-state index contributed by atoms with van der Waals surface area (Å²) in [6, 6.07) is 5.92. The molecule has 1 aromatic heterocycles. The van der Waals surface area contributed by atoms with E-state index in [1.165, 1.54) is 23.7 Å². The predicted octanol–water partition coefficient (Wildman–Crippen LogP) is 2.03. The third-order valence-corrected chi connectivity index (χ3v) is 4.41. The Balaban J connectivity index is 2.45. The second-order valence-corrected chi connectivity index (χ2v) is 6.79. The molecule has 0 aliphatic carbocycles.